The van der Waals surface area contributed by atoms with Crippen molar-refractivity contribution in [1.29, 1.82) is 0 Å². The Morgan fingerprint density at radius 3 is 3.12 bits per heavy atom. The molecule has 1 N–H and O–H groups in total. The number of carbonyl (C=O) groups is 2. The van der Waals surface area contributed by atoms with Crippen LogP contribution in [0.3, 0.4) is 0 Å². The molecule has 2 saturated heterocycles. The van der Waals surface area contributed by atoms with Crippen LogP contribution in [0.25, 0.3) is 0 Å². The summed E-state index contributed by atoms with van der Waals surface area (Å²) in [4.78, 5) is 29.9. The van der Waals surface area contributed by atoms with Gasteiger partial charge in [0.05, 0.1) is 19.3 Å². The van der Waals surface area contributed by atoms with Gasteiger partial charge in [-0.05, 0) is 24.3 Å². The smallest absolute Gasteiger partial charge is 0.276 e. The Morgan fingerprint density at radius 2 is 2.31 bits per heavy atom. The molecule has 2 aromatic heterocycles. The average molecular weight is 374 g/mol. The number of rotatable bonds is 4. The Morgan fingerprint density at radius 1 is 1.38 bits per heavy atom. The van der Waals surface area contributed by atoms with Crippen LogP contribution in [0.5, 0.6) is 0 Å². The van der Waals surface area contributed by atoms with Crippen molar-refractivity contribution in [2.24, 2.45) is 0 Å². The number of amides is 2. The van der Waals surface area contributed by atoms with Crippen molar-refractivity contribution in [3.8, 4) is 0 Å². The second kappa shape index (κ2) is 7.55. The van der Waals surface area contributed by atoms with Crippen LogP contribution < -0.4 is 5.32 Å². The monoisotopic (exact) mass is 374 g/mol. The van der Waals surface area contributed by atoms with Crippen molar-refractivity contribution in [2.45, 2.75) is 25.4 Å². The predicted octanol–water partition coefficient (Wildman–Crippen LogP) is 0.424. The van der Waals surface area contributed by atoms with E-state index in [1.165, 1.54) is 4.88 Å². The Balaban J connectivity index is 1.41. The molecule has 4 heterocycles. The van der Waals surface area contributed by atoms with Gasteiger partial charge in [-0.25, -0.2) is 4.68 Å². The molecule has 0 aliphatic carbocycles. The topological polar surface area (TPSA) is 83.4 Å². The second-order valence-corrected chi connectivity index (χ2v) is 7.72. The van der Waals surface area contributed by atoms with Gasteiger partial charge in [-0.2, -0.15) is 0 Å². The van der Waals surface area contributed by atoms with E-state index in [2.05, 4.69) is 15.6 Å². The van der Waals surface area contributed by atoms with Gasteiger partial charge in [0, 0.05) is 37.1 Å². The highest BCUT2D eigenvalue weighted by Gasteiger charge is 2.32. The number of nitrogens with one attached hydrogen (secondary N) is 1. The summed E-state index contributed by atoms with van der Waals surface area (Å²) >= 11 is 1.65. The van der Waals surface area contributed by atoms with Crippen LogP contribution in [0.2, 0.25) is 0 Å². The highest BCUT2D eigenvalue weighted by Crippen LogP contribution is 2.19. The zero-order valence-corrected chi connectivity index (χ0v) is 15.3. The normalized spacial score (nSPS) is 21.2. The van der Waals surface area contributed by atoms with Gasteiger partial charge in [-0.3, -0.25) is 9.59 Å². The quantitative estimate of drug-likeness (QED) is 0.839. The van der Waals surface area contributed by atoms with E-state index in [0.29, 0.717) is 38.4 Å². The average Bonchev–Trinajstić information content (AvgIpc) is 3.34. The molecule has 2 amide bonds. The van der Waals surface area contributed by atoms with E-state index in [9.17, 15) is 9.59 Å². The molecule has 26 heavy (non-hydrogen) atoms. The van der Waals surface area contributed by atoms with E-state index in [1.807, 2.05) is 27.3 Å². The summed E-state index contributed by atoms with van der Waals surface area (Å²) < 4.78 is 1.69. The zero-order valence-electron chi connectivity index (χ0n) is 14.5. The third-order valence-electron chi connectivity index (χ3n) is 4.91. The van der Waals surface area contributed by atoms with Gasteiger partial charge in [0.1, 0.15) is 0 Å². The predicted molar refractivity (Wildman–Crippen MR) is 97.0 cm³/mol. The van der Waals surface area contributed by atoms with Crippen LogP contribution in [0.1, 0.15) is 28.2 Å². The lowest BCUT2D eigenvalue weighted by Gasteiger charge is -2.40. The number of piperidine rings is 1. The molecule has 0 bridgehead atoms. The van der Waals surface area contributed by atoms with Gasteiger partial charge in [0.25, 0.3) is 5.91 Å². The summed E-state index contributed by atoms with van der Waals surface area (Å²) in [5, 5.41) is 13.3. The molecule has 0 radical (unpaired) electrons. The van der Waals surface area contributed by atoms with Crippen LogP contribution in [-0.2, 0) is 11.3 Å². The highest BCUT2D eigenvalue weighted by molar-refractivity contribution is 7.09. The van der Waals surface area contributed by atoms with E-state index >= 15 is 0 Å². The zero-order chi connectivity index (χ0) is 17.9. The van der Waals surface area contributed by atoms with Crippen LogP contribution in [0.15, 0.2) is 23.7 Å². The van der Waals surface area contributed by atoms with E-state index in [0.717, 1.165) is 19.4 Å². The molecular weight excluding hydrogens is 352 g/mol. The maximum atomic E-state index is 12.8. The van der Waals surface area contributed by atoms with Crippen LogP contribution in [0.4, 0.5) is 0 Å². The van der Waals surface area contributed by atoms with Gasteiger partial charge in [-0.1, -0.05) is 11.3 Å². The van der Waals surface area contributed by atoms with E-state index < -0.39 is 0 Å². The first kappa shape index (κ1) is 17.2. The van der Waals surface area contributed by atoms with Gasteiger partial charge < -0.3 is 15.1 Å². The molecule has 0 spiro atoms. The van der Waals surface area contributed by atoms with Crippen molar-refractivity contribution in [2.75, 3.05) is 32.7 Å². The van der Waals surface area contributed by atoms with Crippen molar-refractivity contribution in [3.05, 3.63) is 34.3 Å². The first-order valence-electron chi connectivity index (χ1n) is 8.92. The van der Waals surface area contributed by atoms with Gasteiger partial charge >= 0.3 is 0 Å². The minimum Gasteiger partial charge on any atom is -0.336 e. The number of nitrogens with zero attached hydrogens (tertiary/aromatic N) is 5. The first-order chi connectivity index (χ1) is 12.7. The fraction of sp³-hybridized carbons (Fsp3) is 0.529. The molecule has 2 fully saturated rings. The number of carbonyl (C=O) groups excluding carboxylic acids is 2. The van der Waals surface area contributed by atoms with Crippen molar-refractivity contribution >= 4 is 23.2 Å². The summed E-state index contributed by atoms with van der Waals surface area (Å²) in [7, 11) is 0. The number of aromatic nitrogens is 3. The molecule has 1 unspecified atom stereocenters. The molecule has 1 atom stereocenters. The molecule has 0 saturated carbocycles. The van der Waals surface area contributed by atoms with E-state index in [4.69, 9.17) is 0 Å². The van der Waals surface area contributed by atoms with Crippen LogP contribution >= 0.6 is 11.3 Å². The summed E-state index contributed by atoms with van der Waals surface area (Å²) in [6.07, 6.45) is 3.55. The minimum atomic E-state index is -0.102. The molecular formula is C17H22N6O2S. The molecule has 2 aliphatic heterocycles. The summed E-state index contributed by atoms with van der Waals surface area (Å²) in [5.74, 6) is 0.0205. The molecule has 8 nitrogen and oxygen atoms in total. The molecule has 9 heteroatoms. The lowest BCUT2D eigenvalue weighted by Crippen LogP contribution is -2.57. The Hall–Kier alpha value is -2.26. The Bertz CT molecular complexity index is 774. The maximum absolute atomic E-state index is 12.8. The lowest BCUT2D eigenvalue weighted by atomic mass is 10.0. The van der Waals surface area contributed by atoms with Crippen molar-refractivity contribution in [1.82, 2.24) is 30.1 Å². The summed E-state index contributed by atoms with van der Waals surface area (Å²) in [5.41, 5.74) is 0.369. The first-order valence-corrected chi connectivity index (χ1v) is 9.80. The van der Waals surface area contributed by atoms with Crippen LogP contribution in [0, 0.1) is 0 Å². The fourth-order valence-corrected chi connectivity index (χ4v) is 4.29. The minimum absolute atomic E-state index is 0.100. The number of thiophene rings is 1. The standard InChI is InChI=1S/C17H22N6O2S/c24-16-9-18-5-7-23(16)13-3-1-6-21(10-13)17(25)15-12-22(20-19-15)11-14-4-2-8-26-14/h2,4,8,12-13,18H,1,3,5-7,9-11H2. The van der Waals surface area contributed by atoms with Gasteiger partial charge in [-0.15, -0.1) is 16.4 Å². The molecule has 4 rings (SSSR count). The maximum Gasteiger partial charge on any atom is 0.276 e. The molecule has 2 aromatic rings. The summed E-state index contributed by atoms with van der Waals surface area (Å²) in [6.45, 7) is 3.81. The Kier molecular flexibility index (Phi) is 4.98. The summed E-state index contributed by atoms with van der Waals surface area (Å²) in [6, 6.07) is 4.13. The number of hydrogen-bond donors (Lipinski definition) is 1. The fourth-order valence-electron chi connectivity index (χ4n) is 3.60. The number of piperazine rings is 1. The van der Waals surface area contributed by atoms with Gasteiger partial charge in [0.2, 0.25) is 5.91 Å². The van der Waals surface area contributed by atoms with Crippen molar-refractivity contribution < 1.29 is 9.59 Å². The number of likely N-dealkylation sites (tertiary alicyclic amines) is 1. The van der Waals surface area contributed by atoms with E-state index in [1.54, 1.807) is 22.2 Å². The molecule has 0 aromatic carbocycles. The highest BCUT2D eigenvalue weighted by atomic mass is 32.1. The van der Waals surface area contributed by atoms with Crippen LogP contribution in [-0.4, -0.2) is 75.4 Å². The molecule has 2 aliphatic rings. The largest absolute Gasteiger partial charge is 0.336 e. The third-order valence-corrected chi connectivity index (χ3v) is 5.77. The SMILES string of the molecule is O=C(c1cn(Cc2cccs2)nn1)N1CCCC(N2CCNCC2=O)C1. The Labute approximate surface area is 155 Å². The van der Waals surface area contributed by atoms with Gasteiger partial charge in [0.15, 0.2) is 5.69 Å². The lowest BCUT2D eigenvalue weighted by molar-refractivity contribution is -0.135. The second-order valence-electron chi connectivity index (χ2n) is 6.69. The number of hydrogen-bond acceptors (Lipinski definition) is 6. The van der Waals surface area contributed by atoms with E-state index in [-0.39, 0.29) is 17.9 Å². The van der Waals surface area contributed by atoms with Crippen molar-refractivity contribution in [3.63, 3.8) is 0 Å². The third kappa shape index (κ3) is 3.63. The molecule has 138 valence electrons.